The van der Waals surface area contributed by atoms with Crippen molar-refractivity contribution in [1.82, 2.24) is 34.5 Å². The number of anilines is 1. The van der Waals surface area contributed by atoms with Gasteiger partial charge in [0.15, 0.2) is 23.7 Å². The minimum atomic E-state index is -5.64. The number of hydrogen-bond acceptors (Lipinski definition) is 18. The molecular formula is C28H46N8O15P2. The average molecular weight is 797 g/mol. The minimum Gasteiger partial charge on any atom is -0.388 e. The van der Waals surface area contributed by atoms with Gasteiger partial charge in [-0.1, -0.05) is 57.1 Å². The van der Waals surface area contributed by atoms with Crippen LogP contribution >= 0.6 is 15.6 Å². The molecule has 0 radical (unpaired) electrons. The van der Waals surface area contributed by atoms with Crippen LogP contribution in [0.1, 0.15) is 70.2 Å². The van der Waals surface area contributed by atoms with Crippen molar-refractivity contribution >= 4 is 32.8 Å². The first-order valence-electron chi connectivity index (χ1n) is 17.1. The van der Waals surface area contributed by atoms with Gasteiger partial charge in [-0.25, -0.2) is 18.8 Å². The number of phosphoric ester groups is 2. The molecule has 298 valence electrons. The van der Waals surface area contributed by atoms with Crippen LogP contribution in [0.4, 0.5) is 5.95 Å². The van der Waals surface area contributed by atoms with Crippen molar-refractivity contribution in [1.29, 1.82) is 0 Å². The molecule has 0 aromatic carbocycles. The van der Waals surface area contributed by atoms with Crippen LogP contribution in [0.2, 0.25) is 0 Å². The molecule has 2 aliphatic rings. The minimum absolute atomic E-state index is 0.106. The number of H-pyrrole nitrogens is 1. The molecule has 23 nitrogen and oxygen atoms in total. The van der Waals surface area contributed by atoms with E-state index in [1.54, 1.807) is 6.20 Å². The van der Waals surface area contributed by atoms with E-state index in [1.165, 1.54) is 36.8 Å². The smallest absolute Gasteiger partial charge is 0.388 e. The molecule has 10 N–H and O–H groups in total. The molecule has 2 saturated heterocycles. The summed E-state index contributed by atoms with van der Waals surface area (Å²) in [5.41, 5.74) is 5.31. The van der Waals surface area contributed by atoms with E-state index in [-0.39, 0.29) is 23.7 Å². The summed E-state index contributed by atoms with van der Waals surface area (Å²) in [6.07, 6.45) is -3.23. The maximum absolute atomic E-state index is 12.8. The van der Waals surface area contributed by atoms with Crippen LogP contribution in [-0.2, 0) is 44.9 Å². The first kappa shape index (κ1) is 41.4. The molecule has 2 unspecified atom stereocenters. The number of aliphatic hydroxyl groups excluding tert-OH is 5. The predicted molar refractivity (Wildman–Crippen MR) is 179 cm³/mol. The Morgan fingerprint density at radius 3 is 2.30 bits per heavy atom. The molecule has 25 heteroatoms. The number of nitrogens with zero attached hydrogens (tertiary/aromatic N) is 6. The van der Waals surface area contributed by atoms with Gasteiger partial charge in [0.05, 0.1) is 25.2 Å². The number of aryl methyl sites for hydroxylation is 1. The van der Waals surface area contributed by atoms with E-state index < -0.39 is 83.1 Å². The van der Waals surface area contributed by atoms with Gasteiger partial charge < -0.3 is 50.5 Å². The highest BCUT2D eigenvalue weighted by atomic mass is 31.3. The number of unbranched alkanes of at least 4 members (excludes halogenated alkanes) is 7. The van der Waals surface area contributed by atoms with Crippen molar-refractivity contribution < 1.29 is 67.3 Å². The highest BCUT2D eigenvalue weighted by Gasteiger charge is 2.50. The molecule has 0 aliphatic carbocycles. The molecule has 0 bridgehead atoms. The van der Waals surface area contributed by atoms with E-state index in [2.05, 4.69) is 36.5 Å². The SMILES string of the molecule is CCCCCCCCCCc1cn(C[C@@H]2O[C@H](OP(=O)(O)OP(=O)(O)OC[C@H]3O[C@@H](n4cnc5c(=O)[nH]c(N)nc54)[C@H](O)[C@@H]3O)[C@@H](O)[C@H](O)[C@@H]2O)nn1. The van der Waals surface area contributed by atoms with Crippen LogP contribution in [0.5, 0.6) is 0 Å². The Hall–Kier alpha value is -2.73. The Kier molecular flexibility index (Phi) is 13.9. The fourth-order valence-corrected chi connectivity index (χ4v) is 8.18. The monoisotopic (exact) mass is 796 g/mol. The van der Waals surface area contributed by atoms with Crippen molar-refractivity contribution in [2.45, 2.75) is 127 Å². The van der Waals surface area contributed by atoms with Crippen molar-refractivity contribution in [2.75, 3.05) is 12.3 Å². The lowest BCUT2D eigenvalue weighted by Crippen LogP contribution is -2.58. The second-order valence-electron chi connectivity index (χ2n) is 12.9. The van der Waals surface area contributed by atoms with Crippen molar-refractivity contribution in [3.05, 3.63) is 28.6 Å². The molecule has 0 amide bonds. The summed E-state index contributed by atoms with van der Waals surface area (Å²) in [7, 11) is -11.2. The van der Waals surface area contributed by atoms with Crippen molar-refractivity contribution in [3.8, 4) is 0 Å². The van der Waals surface area contributed by atoms with Gasteiger partial charge in [0.25, 0.3) is 5.56 Å². The van der Waals surface area contributed by atoms with E-state index in [4.69, 9.17) is 24.3 Å². The number of rotatable bonds is 19. The van der Waals surface area contributed by atoms with Crippen molar-refractivity contribution in [3.63, 3.8) is 0 Å². The average Bonchev–Trinajstić information content (AvgIpc) is 3.79. The quantitative estimate of drug-likeness (QED) is 0.0538. The number of nitrogens with one attached hydrogen (secondary N) is 1. The van der Waals surface area contributed by atoms with Crippen LogP contribution in [0.3, 0.4) is 0 Å². The fourth-order valence-electron chi connectivity index (χ4n) is 6.02. The largest absolute Gasteiger partial charge is 0.483 e. The zero-order valence-corrected chi connectivity index (χ0v) is 30.5. The Labute approximate surface area is 301 Å². The Bertz CT molecular complexity index is 1810. The van der Waals surface area contributed by atoms with Gasteiger partial charge in [0, 0.05) is 6.20 Å². The summed E-state index contributed by atoms with van der Waals surface area (Å²) in [5.74, 6) is -0.271. The van der Waals surface area contributed by atoms with Gasteiger partial charge >= 0.3 is 15.6 Å². The zero-order chi connectivity index (χ0) is 38.5. The summed E-state index contributed by atoms with van der Waals surface area (Å²) >= 11 is 0. The lowest BCUT2D eigenvalue weighted by molar-refractivity contribution is -0.278. The zero-order valence-electron chi connectivity index (χ0n) is 28.7. The number of ether oxygens (including phenoxy) is 2. The summed E-state index contributed by atoms with van der Waals surface area (Å²) in [6, 6.07) is 0. The summed E-state index contributed by atoms with van der Waals surface area (Å²) in [6.45, 7) is 0.963. The molecule has 11 atom stereocenters. The first-order valence-corrected chi connectivity index (χ1v) is 20.1. The summed E-state index contributed by atoms with van der Waals surface area (Å²) < 4.78 is 52.6. The van der Waals surface area contributed by atoms with Crippen LogP contribution in [0.25, 0.3) is 11.2 Å². The summed E-state index contributed by atoms with van der Waals surface area (Å²) in [4.78, 5) is 42.6. The standard InChI is InChI=1S/C28H46N8O15P2/c1-2-3-4-5-6-7-8-9-10-15-11-35(34-33-15)12-16-19(37)21(39)23(41)27(49-16)50-53(45,46)51-52(43,44)47-13-17-20(38)22(40)26(48-17)36-14-30-18-24(36)31-28(29)32-25(18)42/h11,14,16-17,19-23,26-27,37-41H,2-10,12-13H2,1H3,(H,43,44)(H,45,46)(H3,29,31,32,42)/t16-,17+,19+,20+,21+,22+,23-,26+,27+/m0/s1. The molecule has 2 fully saturated rings. The van der Waals surface area contributed by atoms with Gasteiger partial charge in [-0.05, 0) is 12.8 Å². The molecule has 0 spiro atoms. The fraction of sp³-hybridized carbons (Fsp3) is 0.750. The summed E-state index contributed by atoms with van der Waals surface area (Å²) in [5, 5.41) is 60.5. The Balaban J connectivity index is 1.12. The number of aromatic nitrogens is 7. The third-order valence-electron chi connectivity index (χ3n) is 8.82. The number of nitrogens with two attached hydrogens (primary N) is 1. The maximum atomic E-state index is 12.8. The lowest BCUT2D eigenvalue weighted by Gasteiger charge is -2.40. The van der Waals surface area contributed by atoms with Crippen LogP contribution in [-0.4, -0.2) is 125 Å². The number of phosphoric acid groups is 2. The van der Waals surface area contributed by atoms with E-state index >= 15 is 0 Å². The second kappa shape index (κ2) is 17.8. The number of hydrogen-bond donors (Lipinski definition) is 9. The van der Waals surface area contributed by atoms with Gasteiger partial charge in [0.2, 0.25) is 5.95 Å². The highest BCUT2D eigenvalue weighted by molar-refractivity contribution is 7.61. The normalized spacial score (nSPS) is 30.1. The van der Waals surface area contributed by atoms with E-state index in [1.807, 2.05) is 0 Å². The van der Waals surface area contributed by atoms with E-state index in [0.29, 0.717) is 12.1 Å². The van der Waals surface area contributed by atoms with Gasteiger partial charge in [-0.15, -0.1) is 5.10 Å². The highest BCUT2D eigenvalue weighted by Crippen LogP contribution is 2.61. The molecule has 3 aromatic rings. The van der Waals surface area contributed by atoms with Crippen LogP contribution in [0, 0.1) is 0 Å². The number of aliphatic hydroxyl groups is 5. The van der Waals surface area contributed by atoms with Gasteiger partial charge in [-0.2, -0.15) is 9.29 Å². The Morgan fingerprint density at radius 2 is 1.58 bits per heavy atom. The molecule has 53 heavy (non-hydrogen) atoms. The number of imidazole rings is 1. The second-order valence-corrected chi connectivity index (χ2v) is 15.9. The molecule has 3 aromatic heterocycles. The molecule has 5 rings (SSSR count). The third kappa shape index (κ3) is 10.5. The van der Waals surface area contributed by atoms with Gasteiger partial charge in [-0.3, -0.25) is 23.4 Å². The van der Waals surface area contributed by atoms with Crippen molar-refractivity contribution in [2.24, 2.45) is 0 Å². The molecule has 2 aliphatic heterocycles. The first-order chi connectivity index (χ1) is 25.1. The molecule has 5 heterocycles. The number of nitrogen functional groups attached to an aromatic ring is 1. The third-order valence-corrected chi connectivity index (χ3v) is 11.4. The topological polar surface area (TPSA) is 342 Å². The van der Waals surface area contributed by atoms with Crippen LogP contribution < -0.4 is 11.3 Å². The number of fused-ring (bicyclic) bond motifs is 1. The molecule has 0 saturated carbocycles. The van der Waals surface area contributed by atoms with Gasteiger partial charge in [0.1, 0.15) is 42.7 Å². The maximum Gasteiger partial charge on any atom is 0.483 e. The van der Waals surface area contributed by atoms with Crippen LogP contribution in [0.15, 0.2) is 17.3 Å². The Morgan fingerprint density at radius 1 is 0.906 bits per heavy atom. The van der Waals surface area contributed by atoms with E-state index in [9.17, 15) is 49.2 Å². The lowest BCUT2D eigenvalue weighted by atomic mass is 9.99. The number of aromatic amines is 1. The predicted octanol–water partition coefficient (Wildman–Crippen LogP) is -0.646. The molecular weight excluding hydrogens is 750 g/mol. The van der Waals surface area contributed by atoms with E-state index in [0.717, 1.165) is 30.2 Å².